The number of nitrogens with one attached hydrogen (secondary N) is 1. The number of piperidine rings is 1. The Morgan fingerprint density at radius 3 is 2.42 bits per heavy atom. The van der Waals surface area contributed by atoms with Gasteiger partial charge in [0.15, 0.2) is 0 Å². The fourth-order valence-corrected chi connectivity index (χ4v) is 4.88. The fraction of sp³-hybridized carbons (Fsp3) is 0.207. The molecular formula is C29H26BrFN4O3. The number of aromatic nitrogens is 2. The summed E-state index contributed by atoms with van der Waals surface area (Å²) in [6, 6.07) is 21.7. The largest absolute Gasteiger partial charge is 0.457 e. The average molecular weight is 577 g/mol. The van der Waals surface area contributed by atoms with E-state index < -0.39 is 5.82 Å². The lowest BCUT2D eigenvalue weighted by Crippen LogP contribution is -2.39. The van der Waals surface area contributed by atoms with Crippen molar-refractivity contribution < 1.29 is 18.7 Å². The minimum absolute atomic E-state index is 0.0112. The number of hydrogen-bond donors (Lipinski definition) is 1. The summed E-state index contributed by atoms with van der Waals surface area (Å²) in [5.74, 6) is 0.657. The molecule has 0 unspecified atom stereocenters. The third-order valence-electron chi connectivity index (χ3n) is 6.47. The zero-order valence-corrected chi connectivity index (χ0v) is 22.1. The number of para-hydroxylation sites is 1. The van der Waals surface area contributed by atoms with Gasteiger partial charge in [0.25, 0.3) is 5.91 Å². The smallest absolute Gasteiger partial charge is 0.253 e. The number of hydrogen-bond acceptors (Lipinski definition) is 4. The monoisotopic (exact) mass is 576 g/mol. The van der Waals surface area contributed by atoms with E-state index in [2.05, 4.69) is 26.3 Å². The maximum atomic E-state index is 14.2. The number of carbonyl (C=O) groups is 2. The van der Waals surface area contributed by atoms with Gasteiger partial charge in [0.1, 0.15) is 17.3 Å². The second-order valence-electron chi connectivity index (χ2n) is 9.11. The molecule has 0 bridgehead atoms. The van der Waals surface area contributed by atoms with Crippen LogP contribution in [0.3, 0.4) is 0 Å². The number of carbonyl (C=O) groups excluding carboxylic acids is 2. The first-order chi connectivity index (χ1) is 18.5. The molecule has 4 aromatic rings. The molecule has 1 aliphatic heterocycles. The Morgan fingerprint density at radius 2 is 1.68 bits per heavy atom. The molecule has 1 aromatic heterocycles. The van der Waals surface area contributed by atoms with E-state index in [-0.39, 0.29) is 24.3 Å². The van der Waals surface area contributed by atoms with Crippen LogP contribution in [-0.2, 0) is 11.2 Å². The zero-order chi connectivity index (χ0) is 26.5. The van der Waals surface area contributed by atoms with Crippen molar-refractivity contribution >= 4 is 33.4 Å². The van der Waals surface area contributed by atoms with Crippen molar-refractivity contribution in [3.63, 3.8) is 0 Å². The molecule has 2 heterocycles. The van der Waals surface area contributed by atoms with Gasteiger partial charge in [-0.15, -0.1) is 0 Å². The molecule has 2 amide bonds. The van der Waals surface area contributed by atoms with Crippen LogP contribution in [0, 0.1) is 5.82 Å². The van der Waals surface area contributed by atoms with Gasteiger partial charge in [0.2, 0.25) is 5.91 Å². The number of halogens is 2. The van der Waals surface area contributed by atoms with E-state index in [0.717, 1.165) is 18.6 Å². The topological polar surface area (TPSA) is 76.5 Å². The predicted molar refractivity (Wildman–Crippen MR) is 146 cm³/mol. The third-order valence-corrected chi connectivity index (χ3v) is 7.09. The number of rotatable bonds is 7. The van der Waals surface area contributed by atoms with Gasteiger partial charge in [0.05, 0.1) is 28.8 Å². The molecule has 38 heavy (non-hydrogen) atoms. The van der Waals surface area contributed by atoms with Gasteiger partial charge in [-0.05, 0) is 76.8 Å². The standard InChI is InChI=1S/C29H26BrFN4O3/c30-26-8-4-5-21(28(26)31)17-27(36)33-22-18-32-35(19-22)23-13-15-34(16-14-23)29(37)20-9-11-25(12-10-20)38-24-6-2-1-3-7-24/h1-12,18-19,23H,13-17H2,(H,33,36). The van der Waals surface area contributed by atoms with Crippen LogP contribution in [0.4, 0.5) is 10.1 Å². The molecule has 3 aromatic carbocycles. The van der Waals surface area contributed by atoms with E-state index in [0.29, 0.717) is 40.1 Å². The Hall–Kier alpha value is -3.98. The molecule has 9 heteroatoms. The second-order valence-corrected chi connectivity index (χ2v) is 9.96. The van der Waals surface area contributed by atoms with E-state index >= 15 is 0 Å². The van der Waals surface area contributed by atoms with Gasteiger partial charge >= 0.3 is 0 Å². The van der Waals surface area contributed by atoms with E-state index in [9.17, 15) is 14.0 Å². The fourth-order valence-electron chi connectivity index (χ4n) is 4.47. The Balaban J connectivity index is 1.12. The first-order valence-corrected chi connectivity index (χ1v) is 13.1. The summed E-state index contributed by atoms with van der Waals surface area (Å²) in [5, 5.41) is 7.19. The first kappa shape index (κ1) is 25.7. The van der Waals surface area contributed by atoms with Crippen molar-refractivity contribution in [3.8, 4) is 11.5 Å². The summed E-state index contributed by atoms with van der Waals surface area (Å²) in [5.41, 5.74) is 1.50. The van der Waals surface area contributed by atoms with Crippen LogP contribution in [0.25, 0.3) is 0 Å². The Labute approximate surface area is 228 Å². The Bertz CT molecular complexity index is 1420. The lowest BCUT2D eigenvalue weighted by molar-refractivity contribution is -0.115. The van der Waals surface area contributed by atoms with Crippen LogP contribution in [0.15, 0.2) is 89.7 Å². The molecule has 194 valence electrons. The average Bonchev–Trinajstić information content (AvgIpc) is 3.40. The third kappa shape index (κ3) is 6.11. The highest BCUT2D eigenvalue weighted by molar-refractivity contribution is 9.10. The van der Waals surface area contributed by atoms with E-state index in [1.807, 2.05) is 39.9 Å². The van der Waals surface area contributed by atoms with E-state index in [1.165, 1.54) is 0 Å². The molecule has 0 spiro atoms. The molecule has 5 rings (SSSR count). The van der Waals surface area contributed by atoms with Gasteiger partial charge in [-0.25, -0.2) is 4.39 Å². The number of anilines is 1. The summed E-state index contributed by atoms with van der Waals surface area (Å²) >= 11 is 3.14. The summed E-state index contributed by atoms with van der Waals surface area (Å²) < 4.78 is 22.1. The highest BCUT2D eigenvalue weighted by Crippen LogP contribution is 2.26. The normalized spacial score (nSPS) is 13.8. The number of amides is 2. The van der Waals surface area contributed by atoms with Crippen molar-refractivity contribution in [2.75, 3.05) is 18.4 Å². The molecule has 1 saturated heterocycles. The van der Waals surface area contributed by atoms with Crippen LogP contribution in [-0.4, -0.2) is 39.6 Å². The van der Waals surface area contributed by atoms with Crippen molar-refractivity contribution in [2.45, 2.75) is 25.3 Å². The molecule has 1 aliphatic rings. The van der Waals surface area contributed by atoms with Gasteiger partial charge in [-0.1, -0.05) is 30.3 Å². The van der Waals surface area contributed by atoms with E-state index in [1.54, 1.807) is 54.9 Å². The molecule has 0 atom stereocenters. The van der Waals surface area contributed by atoms with Crippen LogP contribution in [0.1, 0.15) is 34.8 Å². The van der Waals surface area contributed by atoms with Gasteiger partial charge in [-0.2, -0.15) is 5.10 Å². The molecule has 0 radical (unpaired) electrons. The van der Waals surface area contributed by atoms with Crippen LogP contribution in [0.5, 0.6) is 11.5 Å². The quantitative estimate of drug-likeness (QED) is 0.283. The Kier molecular flexibility index (Phi) is 7.83. The predicted octanol–water partition coefficient (Wildman–Crippen LogP) is 6.24. The SMILES string of the molecule is O=C(Cc1cccc(Br)c1F)Nc1cnn(C2CCN(C(=O)c3ccc(Oc4ccccc4)cc3)CC2)c1. The van der Waals surface area contributed by atoms with E-state index in [4.69, 9.17) is 4.74 Å². The molecule has 1 fully saturated rings. The van der Waals surface area contributed by atoms with Gasteiger partial charge < -0.3 is 15.0 Å². The second kappa shape index (κ2) is 11.6. The number of likely N-dealkylation sites (tertiary alicyclic amines) is 1. The minimum Gasteiger partial charge on any atom is -0.457 e. The lowest BCUT2D eigenvalue weighted by atomic mass is 10.0. The van der Waals surface area contributed by atoms with Crippen molar-refractivity contribution in [2.24, 2.45) is 0 Å². The number of benzene rings is 3. The van der Waals surface area contributed by atoms with Crippen LogP contribution in [0.2, 0.25) is 0 Å². The molecule has 1 N–H and O–H groups in total. The first-order valence-electron chi connectivity index (χ1n) is 12.4. The van der Waals surface area contributed by atoms with Gasteiger partial charge in [-0.3, -0.25) is 14.3 Å². The highest BCUT2D eigenvalue weighted by atomic mass is 79.9. The van der Waals surface area contributed by atoms with Crippen molar-refractivity contribution in [1.82, 2.24) is 14.7 Å². The number of nitrogens with zero attached hydrogens (tertiary/aromatic N) is 3. The summed E-state index contributed by atoms with van der Waals surface area (Å²) in [6.45, 7) is 1.21. The van der Waals surface area contributed by atoms with Crippen molar-refractivity contribution in [1.29, 1.82) is 0 Å². The number of ether oxygens (including phenoxy) is 1. The van der Waals surface area contributed by atoms with Crippen LogP contribution < -0.4 is 10.1 Å². The lowest BCUT2D eigenvalue weighted by Gasteiger charge is -2.32. The van der Waals surface area contributed by atoms with Crippen LogP contribution >= 0.6 is 15.9 Å². The summed E-state index contributed by atoms with van der Waals surface area (Å²) in [6.07, 6.45) is 4.80. The highest BCUT2D eigenvalue weighted by Gasteiger charge is 2.25. The molecule has 7 nitrogen and oxygen atoms in total. The maximum absolute atomic E-state index is 14.2. The maximum Gasteiger partial charge on any atom is 0.253 e. The molecule has 0 aliphatic carbocycles. The minimum atomic E-state index is -0.434. The summed E-state index contributed by atoms with van der Waals surface area (Å²) in [4.78, 5) is 27.3. The summed E-state index contributed by atoms with van der Waals surface area (Å²) in [7, 11) is 0. The zero-order valence-electron chi connectivity index (χ0n) is 20.5. The molecular weight excluding hydrogens is 551 g/mol. The van der Waals surface area contributed by atoms with Gasteiger partial charge in [0, 0.05) is 24.8 Å². The molecule has 0 saturated carbocycles. The van der Waals surface area contributed by atoms with Crippen molar-refractivity contribution in [3.05, 3.63) is 107 Å². The Morgan fingerprint density at radius 1 is 0.974 bits per heavy atom.